The molecule has 106 valence electrons. The molecule has 1 aromatic rings. The van der Waals surface area contributed by atoms with Crippen molar-refractivity contribution in [1.29, 1.82) is 0 Å². The van der Waals surface area contributed by atoms with Crippen LogP contribution < -0.4 is 5.32 Å². The van der Waals surface area contributed by atoms with Crippen molar-refractivity contribution in [2.45, 2.75) is 71.3 Å². The lowest BCUT2D eigenvalue weighted by atomic mass is 9.95. The van der Waals surface area contributed by atoms with E-state index in [1.54, 1.807) is 0 Å². The first kappa shape index (κ1) is 14.6. The van der Waals surface area contributed by atoms with Gasteiger partial charge in [0.1, 0.15) is 16.8 Å². The molecule has 1 aromatic heterocycles. The van der Waals surface area contributed by atoms with E-state index in [2.05, 4.69) is 31.1 Å². The molecule has 0 saturated heterocycles. The van der Waals surface area contributed by atoms with E-state index in [4.69, 9.17) is 16.6 Å². The summed E-state index contributed by atoms with van der Waals surface area (Å²) in [6, 6.07) is 0.534. The van der Waals surface area contributed by atoms with Crippen LogP contribution in [0.1, 0.15) is 64.3 Å². The Morgan fingerprint density at radius 2 is 1.74 bits per heavy atom. The highest BCUT2D eigenvalue weighted by atomic mass is 35.5. The van der Waals surface area contributed by atoms with Gasteiger partial charge in [0.05, 0.1) is 0 Å². The fourth-order valence-electron chi connectivity index (χ4n) is 2.41. The van der Waals surface area contributed by atoms with Gasteiger partial charge >= 0.3 is 0 Å². The molecule has 1 saturated carbocycles. The molecule has 4 heteroatoms. The number of aromatic nitrogens is 2. The van der Waals surface area contributed by atoms with Gasteiger partial charge in [0, 0.05) is 17.0 Å². The number of halogens is 1. The van der Waals surface area contributed by atoms with Crippen LogP contribution in [-0.2, 0) is 5.41 Å². The van der Waals surface area contributed by atoms with Gasteiger partial charge in [-0.05, 0) is 19.8 Å². The summed E-state index contributed by atoms with van der Waals surface area (Å²) in [5.74, 6) is 1.72. The minimum absolute atomic E-state index is 0.0830. The molecular formula is C15H24ClN3. The average molecular weight is 282 g/mol. The quantitative estimate of drug-likeness (QED) is 0.812. The van der Waals surface area contributed by atoms with E-state index in [9.17, 15) is 0 Å². The monoisotopic (exact) mass is 281 g/mol. The largest absolute Gasteiger partial charge is 0.367 e. The second-order valence-electron chi connectivity index (χ2n) is 6.54. The van der Waals surface area contributed by atoms with E-state index in [1.807, 2.05) is 6.92 Å². The van der Waals surface area contributed by atoms with Gasteiger partial charge in [-0.25, -0.2) is 9.97 Å². The fraction of sp³-hybridized carbons (Fsp3) is 0.733. The lowest BCUT2D eigenvalue weighted by molar-refractivity contribution is 0.460. The number of hydrogen-bond acceptors (Lipinski definition) is 3. The SMILES string of the molecule is Cc1c(Cl)nc(C(C)(C)C)nc1NC1CCCCC1. The first-order valence-electron chi connectivity index (χ1n) is 7.19. The van der Waals surface area contributed by atoms with Gasteiger partial charge in [-0.15, -0.1) is 0 Å². The van der Waals surface area contributed by atoms with E-state index in [1.165, 1.54) is 32.1 Å². The summed E-state index contributed by atoms with van der Waals surface area (Å²) in [6.07, 6.45) is 6.43. The first-order chi connectivity index (χ1) is 8.88. The number of nitrogens with one attached hydrogen (secondary N) is 1. The van der Waals surface area contributed by atoms with Crippen LogP contribution in [0.4, 0.5) is 5.82 Å². The second-order valence-corrected chi connectivity index (χ2v) is 6.90. The van der Waals surface area contributed by atoms with E-state index in [0.29, 0.717) is 11.2 Å². The maximum absolute atomic E-state index is 6.25. The third-order valence-corrected chi connectivity index (χ3v) is 4.07. The predicted molar refractivity (Wildman–Crippen MR) is 81.0 cm³/mol. The van der Waals surface area contributed by atoms with Gasteiger partial charge in [0.25, 0.3) is 0 Å². The van der Waals surface area contributed by atoms with Gasteiger partial charge in [-0.1, -0.05) is 51.6 Å². The molecule has 0 unspecified atom stereocenters. The molecule has 0 amide bonds. The van der Waals surface area contributed by atoms with Crippen molar-refractivity contribution in [3.05, 3.63) is 16.5 Å². The first-order valence-corrected chi connectivity index (χ1v) is 7.57. The van der Waals surface area contributed by atoms with Gasteiger partial charge in [-0.3, -0.25) is 0 Å². The molecule has 0 atom stereocenters. The molecule has 0 bridgehead atoms. The summed E-state index contributed by atoms with van der Waals surface area (Å²) >= 11 is 6.25. The summed E-state index contributed by atoms with van der Waals surface area (Å²) in [5, 5.41) is 4.13. The molecule has 1 heterocycles. The zero-order valence-corrected chi connectivity index (χ0v) is 13.1. The molecule has 2 rings (SSSR count). The zero-order chi connectivity index (χ0) is 14.0. The Labute approximate surface area is 121 Å². The molecule has 1 aliphatic rings. The van der Waals surface area contributed by atoms with Crippen LogP contribution in [0.2, 0.25) is 5.15 Å². The van der Waals surface area contributed by atoms with Crippen LogP contribution in [-0.4, -0.2) is 16.0 Å². The van der Waals surface area contributed by atoms with Crippen molar-refractivity contribution in [2.24, 2.45) is 0 Å². The Morgan fingerprint density at radius 1 is 1.11 bits per heavy atom. The van der Waals surface area contributed by atoms with Crippen LogP contribution in [0.5, 0.6) is 0 Å². The van der Waals surface area contributed by atoms with E-state index in [0.717, 1.165) is 17.2 Å². The Morgan fingerprint density at radius 3 is 2.32 bits per heavy atom. The van der Waals surface area contributed by atoms with Crippen molar-refractivity contribution in [3.8, 4) is 0 Å². The normalized spacial score (nSPS) is 17.5. The Hall–Kier alpha value is -0.830. The van der Waals surface area contributed by atoms with Crippen molar-refractivity contribution in [1.82, 2.24) is 9.97 Å². The van der Waals surface area contributed by atoms with Crippen molar-refractivity contribution >= 4 is 17.4 Å². The summed E-state index contributed by atoms with van der Waals surface area (Å²) < 4.78 is 0. The number of nitrogens with zero attached hydrogens (tertiary/aromatic N) is 2. The average Bonchev–Trinajstić information content (AvgIpc) is 2.34. The summed E-state index contributed by atoms with van der Waals surface area (Å²) in [5.41, 5.74) is 0.876. The lowest BCUT2D eigenvalue weighted by Crippen LogP contribution is -2.25. The zero-order valence-electron chi connectivity index (χ0n) is 12.4. The number of hydrogen-bond donors (Lipinski definition) is 1. The molecule has 0 aliphatic heterocycles. The molecule has 0 aromatic carbocycles. The second kappa shape index (κ2) is 5.66. The van der Waals surface area contributed by atoms with Crippen LogP contribution >= 0.6 is 11.6 Å². The van der Waals surface area contributed by atoms with E-state index in [-0.39, 0.29) is 5.41 Å². The predicted octanol–water partition coefficient (Wildman–Crippen LogP) is 4.48. The maximum atomic E-state index is 6.25. The van der Waals surface area contributed by atoms with Crippen LogP contribution in [0.25, 0.3) is 0 Å². The highest BCUT2D eigenvalue weighted by Crippen LogP contribution is 2.28. The minimum atomic E-state index is -0.0830. The molecule has 0 spiro atoms. The third-order valence-electron chi connectivity index (χ3n) is 3.70. The van der Waals surface area contributed by atoms with Gasteiger partial charge in [0.2, 0.25) is 0 Å². The van der Waals surface area contributed by atoms with Crippen molar-refractivity contribution < 1.29 is 0 Å². The van der Waals surface area contributed by atoms with Gasteiger partial charge in [0.15, 0.2) is 0 Å². The molecular weight excluding hydrogens is 258 g/mol. The molecule has 19 heavy (non-hydrogen) atoms. The Kier molecular flexibility index (Phi) is 4.34. The smallest absolute Gasteiger partial charge is 0.137 e. The third kappa shape index (κ3) is 3.59. The van der Waals surface area contributed by atoms with Crippen molar-refractivity contribution in [3.63, 3.8) is 0 Å². The summed E-state index contributed by atoms with van der Waals surface area (Å²) in [6.45, 7) is 8.31. The minimum Gasteiger partial charge on any atom is -0.367 e. The number of rotatable bonds is 2. The van der Waals surface area contributed by atoms with Gasteiger partial charge in [-0.2, -0.15) is 0 Å². The van der Waals surface area contributed by atoms with Crippen LogP contribution in [0, 0.1) is 6.92 Å². The maximum Gasteiger partial charge on any atom is 0.137 e. The van der Waals surface area contributed by atoms with E-state index < -0.39 is 0 Å². The molecule has 0 radical (unpaired) electrons. The van der Waals surface area contributed by atoms with Crippen molar-refractivity contribution in [2.75, 3.05) is 5.32 Å². The summed E-state index contributed by atoms with van der Waals surface area (Å²) in [4.78, 5) is 9.10. The number of anilines is 1. The highest BCUT2D eigenvalue weighted by Gasteiger charge is 2.22. The Balaban J connectivity index is 2.25. The summed E-state index contributed by atoms with van der Waals surface area (Å²) in [7, 11) is 0. The van der Waals surface area contributed by atoms with Gasteiger partial charge < -0.3 is 5.32 Å². The molecule has 1 N–H and O–H groups in total. The Bertz CT molecular complexity index is 445. The lowest BCUT2D eigenvalue weighted by Gasteiger charge is -2.25. The standard InChI is InChI=1S/C15H24ClN3/c1-10-12(16)18-14(15(2,3)4)19-13(10)17-11-8-6-5-7-9-11/h11H,5-9H2,1-4H3,(H,17,18,19). The molecule has 3 nitrogen and oxygen atoms in total. The van der Waals surface area contributed by atoms with E-state index >= 15 is 0 Å². The topological polar surface area (TPSA) is 37.8 Å². The van der Waals surface area contributed by atoms with Crippen LogP contribution in [0.3, 0.4) is 0 Å². The molecule has 1 aliphatic carbocycles. The fourth-order valence-corrected chi connectivity index (χ4v) is 2.58. The molecule has 1 fully saturated rings. The van der Waals surface area contributed by atoms with Crippen LogP contribution in [0.15, 0.2) is 0 Å². The highest BCUT2D eigenvalue weighted by molar-refractivity contribution is 6.30.